The fourth-order valence-electron chi connectivity index (χ4n) is 11.5. The summed E-state index contributed by atoms with van der Waals surface area (Å²) in [6.45, 7) is 0. The summed E-state index contributed by atoms with van der Waals surface area (Å²) in [7, 11) is 0. The maximum atomic E-state index is 5.22. The molecule has 324 valence electrons. The second-order valence-corrected chi connectivity index (χ2v) is 18.7. The summed E-state index contributed by atoms with van der Waals surface area (Å²) < 4.78 is 4.82. The molecule has 0 fully saturated rings. The van der Waals surface area contributed by atoms with E-state index in [1.54, 1.807) is 0 Å². The minimum Gasteiger partial charge on any atom is -0.309 e. The van der Waals surface area contributed by atoms with E-state index in [2.05, 4.69) is 258 Å². The van der Waals surface area contributed by atoms with Crippen molar-refractivity contribution in [3.63, 3.8) is 0 Å². The molecule has 1 aliphatic rings. The average Bonchev–Trinajstić information content (AvgIpc) is 4.06. The molecular weight excluding hydrogens is 847 g/mol. The molecule has 0 saturated carbocycles. The van der Waals surface area contributed by atoms with Gasteiger partial charge in [-0.25, -0.2) is 4.98 Å². The predicted molar refractivity (Wildman–Crippen MR) is 294 cm³/mol. The Bertz CT molecular complexity index is 4460. The number of rotatable bonds is 6. The van der Waals surface area contributed by atoms with Gasteiger partial charge in [0.1, 0.15) is 0 Å². The van der Waals surface area contributed by atoms with E-state index in [1.165, 1.54) is 115 Å². The van der Waals surface area contributed by atoms with Gasteiger partial charge in [-0.3, -0.25) is 0 Å². The number of aromatic nitrogens is 3. The fourth-order valence-corrected chi connectivity index (χ4v) is 11.5. The Morgan fingerprint density at radius 3 is 1.44 bits per heavy atom. The second kappa shape index (κ2) is 15.1. The average molecular weight is 888 g/mol. The van der Waals surface area contributed by atoms with E-state index in [1.807, 2.05) is 0 Å². The zero-order chi connectivity index (χ0) is 45.9. The van der Waals surface area contributed by atoms with Gasteiger partial charge < -0.3 is 9.13 Å². The number of nitrogens with zero attached hydrogens (tertiary/aromatic N) is 3. The standard InChI is InChI=1S/C67H41N3/c1-3-13-42(14-4-1)43-15-11-18-52(37-43)70-65-33-29-47(45-25-26-46-36-50(28-27-44(46)35-45)62-41-60-54-20-8-7-19-53(54)56-22-12-23-61(68-62)67(56)60)39-58(65)59-40-49(31-34-66(59)70)48-30-32-64-57(38-48)55-21-9-10-24-63(55)69(64)51-16-5-2-6-17-51/h1-41H. The highest BCUT2D eigenvalue weighted by Gasteiger charge is 2.23. The van der Waals surface area contributed by atoms with Gasteiger partial charge in [-0.1, -0.05) is 158 Å². The third-order valence-electron chi connectivity index (χ3n) is 14.8. The van der Waals surface area contributed by atoms with Crippen LogP contribution in [-0.2, 0) is 0 Å². The normalized spacial score (nSPS) is 12.0. The third-order valence-corrected chi connectivity index (χ3v) is 14.8. The third kappa shape index (κ3) is 5.92. The van der Waals surface area contributed by atoms with Crippen molar-refractivity contribution in [2.24, 2.45) is 0 Å². The molecule has 0 aliphatic heterocycles. The van der Waals surface area contributed by atoms with E-state index in [0.717, 1.165) is 28.1 Å². The van der Waals surface area contributed by atoms with Crippen molar-refractivity contribution in [1.82, 2.24) is 14.1 Å². The molecule has 0 unspecified atom stereocenters. The van der Waals surface area contributed by atoms with Crippen LogP contribution in [0, 0.1) is 0 Å². The minimum atomic E-state index is 0.997. The highest BCUT2D eigenvalue weighted by molar-refractivity contribution is 6.16. The quantitative estimate of drug-likeness (QED) is 0.163. The van der Waals surface area contributed by atoms with Crippen LogP contribution in [0.3, 0.4) is 0 Å². The van der Waals surface area contributed by atoms with Gasteiger partial charge in [0, 0.05) is 43.9 Å². The fraction of sp³-hybridized carbons (Fsp3) is 0. The Labute approximate surface area is 404 Å². The molecule has 0 amide bonds. The number of hydrogen-bond donors (Lipinski definition) is 0. The van der Waals surface area contributed by atoms with E-state index >= 15 is 0 Å². The van der Waals surface area contributed by atoms with Crippen molar-refractivity contribution in [1.29, 1.82) is 0 Å². The van der Waals surface area contributed by atoms with E-state index in [-0.39, 0.29) is 0 Å². The monoisotopic (exact) mass is 887 g/mol. The maximum absolute atomic E-state index is 5.22. The summed E-state index contributed by atoms with van der Waals surface area (Å²) in [6, 6.07) is 91.2. The molecule has 0 bridgehead atoms. The summed E-state index contributed by atoms with van der Waals surface area (Å²) in [6.07, 6.45) is 0. The van der Waals surface area contributed by atoms with Crippen LogP contribution in [0.1, 0.15) is 0 Å². The zero-order valence-corrected chi connectivity index (χ0v) is 38.0. The lowest BCUT2D eigenvalue weighted by Crippen LogP contribution is -1.94. The molecule has 3 aromatic heterocycles. The first-order valence-electron chi connectivity index (χ1n) is 24.1. The number of benzene rings is 11. The van der Waals surface area contributed by atoms with Crippen LogP contribution >= 0.6 is 0 Å². The maximum Gasteiger partial charge on any atom is 0.0722 e. The van der Waals surface area contributed by atoms with Crippen molar-refractivity contribution in [3.05, 3.63) is 249 Å². The number of fused-ring (bicyclic) bond motifs is 10. The first-order chi connectivity index (χ1) is 34.7. The molecule has 15 rings (SSSR count). The van der Waals surface area contributed by atoms with E-state index in [9.17, 15) is 0 Å². The van der Waals surface area contributed by atoms with Gasteiger partial charge in [0.05, 0.1) is 33.3 Å². The van der Waals surface area contributed by atoms with Gasteiger partial charge in [0.2, 0.25) is 0 Å². The molecule has 0 spiro atoms. The molecule has 0 atom stereocenters. The molecule has 1 aliphatic carbocycles. The molecule has 3 heterocycles. The summed E-state index contributed by atoms with van der Waals surface area (Å²) in [5.74, 6) is 0. The van der Waals surface area contributed by atoms with Crippen LogP contribution in [-0.4, -0.2) is 14.1 Å². The van der Waals surface area contributed by atoms with Crippen LogP contribution in [0.2, 0.25) is 0 Å². The first kappa shape index (κ1) is 38.8. The molecule has 3 heteroatoms. The Hall–Kier alpha value is -9.31. The highest BCUT2D eigenvalue weighted by Crippen LogP contribution is 2.48. The molecule has 14 aromatic rings. The summed E-state index contributed by atoms with van der Waals surface area (Å²) >= 11 is 0. The topological polar surface area (TPSA) is 22.8 Å². The van der Waals surface area contributed by atoms with Gasteiger partial charge in [-0.05, 0) is 157 Å². The molecule has 11 aromatic carbocycles. The lowest BCUT2D eigenvalue weighted by Gasteiger charge is -2.11. The van der Waals surface area contributed by atoms with Crippen molar-refractivity contribution in [3.8, 4) is 78.3 Å². The van der Waals surface area contributed by atoms with E-state index in [0.29, 0.717) is 0 Å². The Morgan fingerprint density at radius 1 is 0.257 bits per heavy atom. The predicted octanol–water partition coefficient (Wildman–Crippen LogP) is 17.9. The van der Waals surface area contributed by atoms with E-state index in [4.69, 9.17) is 4.98 Å². The lowest BCUT2D eigenvalue weighted by molar-refractivity contribution is 1.18. The Balaban J connectivity index is 0.864. The van der Waals surface area contributed by atoms with Crippen LogP contribution in [0.4, 0.5) is 0 Å². The Kier molecular flexibility index (Phi) is 8.36. The Morgan fingerprint density at radius 2 is 0.729 bits per heavy atom. The molecule has 0 saturated heterocycles. The largest absolute Gasteiger partial charge is 0.309 e. The zero-order valence-electron chi connectivity index (χ0n) is 38.0. The first-order valence-corrected chi connectivity index (χ1v) is 24.1. The lowest BCUT2D eigenvalue weighted by atomic mass is 9.96. The molecular formula is C67H41N3. The van der Waals surface area contributed by atoms with Crippen LogP contribution in [0.15, 0.2) is 249 Å². The van der Waals surface area contributed by atoms with Crippen molar-refractivity contribution in [2.75, 3.05) is 0 Å². The van der Waals surface area contributed by atoms with Crippen LogP contribution < -0.4 is 0 Å². The van der Waals surface area contributed by atoms with Gasteiger partial charge in [-0.2, -0.15) is 0 Å². The van der Waals surface area contributed by atoms with Crippen LogP contribution in [0.25, 0.3) is 144 Å². The molecule has 70 heavy (non-hydrogen) atoms. The number of hydrogen-bond acceptors (Lipinski definition) is 1. The van der Waals surface area contributed by atoms with E-state index < -0.39 is 0 Å². The summed E-state index contributed by atoms with van der Waals surface area (Å²) in [4.78, 5) is 5.22. The summed E-state index contributed by atoms with van der Waals surface area (Å²) in [5.41, 5.74) is 22.5. The number of pyridine rings is 1. The van der Waals surface area contributed by atoms with Crippen molar-refractivity contribution >= 4 is 65.3 Å². The highest BCUT2D eigenvalue weighted by atomic mass is 15.0. The van der Waals surface area contributed by atoms with Crippen LogP contribution in [0.5, 0.6) is 0 Å². The van der Waals surface area contributed by atoms with Gasteiger partial charge in [0.25, 0.3) is 0 Å². The van der Waals surface area contributed by atoms with Gasteiger partial charge in [0.15, 0.2) is 0 Å². The molecule has 0 N–H and O–H groups in total. The van der Waals surface area contributed by atoms with Crippen molar-refractivity contribution in [2.45, 2.75) is 0 Å². The minimum absolute atomic E-state index is 0.997. The second-order valence-electron chi connectivity index (χ2n) is 18.7. The smallest absolute Gasteiger partial charge is 0.0722 e. The molecule has 3 nitrogen and oxygen atoms in total. The van der Waals surface area contributed by atoms with Crippen molar-refractivity contribution < 1.29 is 0 Å². The summed E-state index contributed by atoms with van der Waals surface area (Å²) in [5, 5.41) is 8.58. The molecule has 0 radical (unpaired) electrons. The SMILES string of the molecule is c1ccc(-c2cccc(-n3c4ccc(-c5ccc6cc(-c7cc8c9c(cccc9n7)-c7ccccc7-8)ccc6c5)cc4c4cc(-c5ccc6c(c5)c5ccccc5n6-c5ccccc5)ccc43)c2)cc1. The number of para-hydroxylation sites is 2. The van der Waals surface area contributed by atoms with Gasteiger partial charge >= 0.3 is 0 Å². The van der Waals surface area contributed by atoms with Gasteiger partial charge in [-0.15, -0.1) is 0 Å².